The molecule has 0 unspecified atom stereocenters. The van der Waals surface area contributed by atoms with Crippen molar-refractivity contribution < 1.29 is 4.79 Å². The average Bonchev–Trinajstić information content (AvgIpc) is 2.20. The number of carbonyl (C=O) groups excluding carboxylic acids is 1. The zero-order valence-electron chi connectivity index (χ0n) is 7.87. The maximum Gasteiger partial charge on any atom is 0.224 e. The summed E-state index contributed by atoms with van der Waals surface area (Å²) in [5, 5.41) is 2.80. The SMILES string of the molecule is O=C(CCCCI)Nc1cccnc1. The first-order valence-electron chi connectivity index (χ1n) is 4.59. The Labute approximate surface area is 97.4 Å². The van der Waals surface area contributed by atoms with E-state index >= 15 is 0 Å². The molecule has 0 spiro atoms. The number of pyridine rings is 1. The summed E-state index contributed by atoms with van der Waals surface area (Å²) in [6.45, 7) is 0. The number of unbranched alkanes of at least 4 members (excludes halogenated alkanes) is 1. The van der Waals surface area contributed by atoms with Crippen LogP contribution in [0.5, 0.6) is 0 Å². The number of hydrogen-bond acceptors (Lipinski definition) is 2. The Morgan fingerprint density at radius 1 is 1.50 bits per heavy atom. The lowest BCUT2D eigenvalue weighted by atomic mass is 10.2. The molecule has 0 aromatic carbocycles. The van der Waals surface area contributed by atoms with Crippen molar-refractivity contribution in [3.8, 4) is 0 Å². The summed E-state index contributed by atoms with van der Waals surface area (Å²) >= 11 is 2.32. The van der Waals surface area contributed by atoms with Gasteiger partial charge in [-0.15, -0.1) is 0 Å². The van der Waals surface area contributed by atoms with E-state index in [1.54, 1.807) is 18.5 Å². The van der Waals surface area contributed by atoms with Gasteiger partial charge in [0.1, 0.15) is 0 Å². The summed E-state index contributed by atoms with van der Waals surface area (Å²) in [7, 11) is 0. The Balaban J connectivity index is 2.27. The molecule has 4 heteroatoms. The van der Waals surface area contributed by atoms with Gasteiger partial charge in [-0.1, -0.05) is 22.6 Å². The lowest BCUT2D eigenvalue weighted by Crippen LogP contribution is -2.11. The molecule has 0 radical (unpaired) electrons. The van der Waals surface area contributed by atoms with Crippen molar-refractivity contribution in [2.75, 3.05) is 9.74 Å². The fourth-order valence-electron chi connectivity index (χ4n) is 1.04. The zero-order valence-corrected chi connectivity index (χ0v) is 10.0. The van der Waals surface area contributed by atoms with E-state index in [0.29, 0.717) is 6.42 Å². The van der Waals surface area contributed by atoms with E-state index in [4.69, 9.17) is 0 Å². The van der Waals surface area contributed by atoms with Gasteiger partial charge in [-0.2, -0.15) is 0 Å². The van der Waals surface area contributed by atoms with Crippen LogP contribution < -0.4 is 5.32 Å². The van der Waals surface area contributed by atoms with E-state index in [-0.39, 0.29) is 5.91 Å². The number of nitrogens with zero attached hydrogens (tertiary/aromatic N) is 1. The van der Waals surface area contributed by atoms with E-state index in [9.17, 15) is 4.79 Å². The molecule has 0 aliphatic carbocycles. The predicted molar refractivity (Wildman–Crippen MR) is 65.6 cm³/mol. The molecule has 1 N–H and O–H groups in total. The number of alkyl halides is 1. The molecule has 3 nitrogen and oxygen atoms in total. The Morgan fingerprint density at radius 2 is 2.36 bits per heavy atom. The van der Waals surface area contributed by atoms with Crippen molar-refractivity contribution in [3.05, 3.63) is 24.5 Å². The maximum atomic E-state index is 11.3. The Hall–Kier alpha value is -0.650. The molecule has 0 atom stereocenters. The second-order valence-electron chi connectivity index (χ2n) is 2.94. The van der Waals surface area contributed by atoms with Crippen LogP contribution >= 0.6 is 22.6 Å². The second kappa shape index (κ2) is 6.75. The van der Waals surface area contributed by atoms with Crippen molar-refractivity contribution in [1.82, 2.24) is 4.98 Å². The third kappa shape index (κ3) is 4.55. The normalized spacial score (nSPS) is 9.79. The zero-order chi connectivity index (χ0) is 10.2. The summed E-state index contributed by atoms with van der Waals surface area (Å²) in [6.07, 6.45) is 5.98. The fourth-order valence-corrected chi connectivity index (χ4v) is 1.58. The van der Waals surface area contributed by atoms with Crippen LogP contribution in [0.1, 0.15) is 19.3 Å². The second-order valence-corrected chi connectivity index (χ2v) is 4.01. The van der Waals surface area contributed by atoms with E-state index in [0.717, 1.165) is 23.0 Å². The monoisotopic (exact) mass is 304 g/mol. The van der Waals surface area contributed by atoms with Crippen LogP contribution in [0, 0.1) is 0 Å². The average molecular weight is 304 g/mol. The molecule has 1 amide bonds. The highest BCUT2D eigenvalue weighted by atomic mass is 127. The molecule has 0 aliphatic rings. The highest BCUT2D eigenvalue weighted by Crippen LogP contribution is 2.05. The van der Waals surface area contributed by atoms with Crippen molar-refractivity contribution in [1.29, 1.82) is 0 Å². The highest BCUT2D eigenvalue weighted by Gasteiger charge is 2.00. The molecular formula is C10H13IN2O. The molecule has 1 aromatic rings. The van der Waals surface area contributed by atoms with Gasteiger partial charge < -0.3 is 5.32 Å². The third-order valence-electron chi connectivity index (χ3n) is 1.73. The van der Waals surface area contributed by atoms with Gasteiger partial charge in [0.25, 0.3) is 0 Å². The molecule has 0 bridgehead atoms. The van der Waals surface area contributed by atoms with Gasteiger partial charge >= 0.3 is 0 Å². The number of amides is 1. The minimum Gasteiger partial charge on any atom is -0.325 e. The first-order valence-corrected chi connectivity index (χ1v) is 6.11. The molecule has 0 fully saturated rings. The number of rotatable bonds is 5. The van der Waals surface area contributed by atoms with Crippen molar-refractivity contribution in [2.24, 2.45) is 0 Å². The van der Waals surface area contributed by atoms with Crippen LogP contribution in [0.2, 0.25) is 0 Å². The number of aromatic nitrogens is 1. The van der Waals surface area contributed by atoms with E-state index < -0.39 is 0 Å². The molecule has 1 aromatic heterocycles. The fraction of sp³-hybridized carbons (Fsp3) is 0.400. The first-order chi connectivity index (χ1) is 6.83. The van der Waals surface area contributed by atoms with Gasteiger partial charge in [0, 0.05) is 12.6 Å². The Morgan fingerprint density at radius 3 is 3.00 bits per heavy atom. The summed E-state index contributed by atoms with van der Waals surface area (Å²) in [5.74, 6) is 0.0721. The van der Waals surface area contributed by atoms with Crippen LogP contribution in [0.25, 0.3) is 0 Å². The largest absolute Gasteiger partial charge is 0.325 e. The van der Waals surface area contributed by atoms with E-state index in [1.165, 1.54) is 0 Å². The third-order valence-corrected chi connectivity index (χ3v) is 2.50. The molecule has 0 saturated carbocycles. The lowest BCUT2D eigenvalue weighted by molar-refractivity contribution is -0.116. The van der Waals surface area contributed by atoms with Gasteiger partial charge in [-0.25, -0.2) is 0 Å². The molecule has 0 saturated heterocycles. The van der Waals surface area contributed by atoms with E-state index in [1.807, 2.05) is 6.07 Å². The quantitative estimate of drug-likeness (QED) is 0.516. The first kappa shape index (κ1) is 11.4. The molecule has 1 heterocycles. The van der Waals surface area contributed by atoms with Crippen LogP contribution in [-0.4, -0.2) is 15.3 Å². The van der Waals surface area contributed by atoms with E-state index in [2.05, 4.69) is 32.9 Å². The highest BCUT2D eigenvalue weighted by molar-refractivity contribution is 14.1. The summed E-state index contributed by atoms with van der Waals surface area (Å²) in [4.78, 5) is 15.3. The number of carbonyl (C=O) groups is 1. The van der Waals surface area contributed by atoms with Crippen molar-refractivity contribution in [2.45, 2.75) is 19.3 Å². The predicted octanol–water partition coefficient (Wildman–Crippen LogP) is 2.63. The van der Waals surface area contributed by atoms with Crippen molar-refractivity contribution in [3.63, 3.8) is 0 Å². The molecule has 76 valence electrons. The van der Waals surface area contributed by atoms with Crippen LogP contribution in [-0.2, 0) is 4.79 Å². The van der Waals surface area contributed by atoms with Gasteiger partial charge in [-0.3, -0.25) is 9.78 Å². The molecule has 1 rings (SSSR count). The smallest absolute Gasteiger partial charge is 0.224 e. The van der Waals surface area contributed by atoms with Crippen LogP contribution in [0.3, 0.4) is 0 Å². The molecule has 14 heavy (non-hydrogen) atoms. The van der Waals surface area contributed by atoms with Gasteiger partial charge in [0.15, 0.2) is 0 Å². The van der Waals surface area contributed by atoms with Crippen LogP contribution in [0.4, 0.5) is 5.69 Å². The van der Waals surface area contributed by atoms with Gasteiger partial charge in [0.05, 0.1) is 11.9 Å². The van der Waals surface area contributed by atoms with Gasteiger partial charge in [-0.05, 0) is 29.4 Å². The Bertz CT molecular complexity index is 277. The topological polar surface area (TPSA) is 42.0 Å². The minimum absolute atomic E-state index is 0.0721. The van der Waals surface area contributed by atoms with Gasteiger partial charge in [0.2, 0.25) is 5.91 Å². The summed E-state index contributed by atoms with van der Waals surface area (Å²) in [5.41, 5.74) is 0.770. The summed E-state index contributed by atoms with van der Waals surface area (Å²) in [6, 6.07) is 3.64. The maximum absolute atomic E-state index is 11.3. The van der Waals surface area contributed by atoms with Crippen LogP contribution in [0.15, 0.2) is 24.5 Å². The molecule has 0 aliphatic heterocycles. The number of halogens is 1. The summed E-state index contributed by atoms with van der Waals surface area (Å²) < 4.78 is 1.11. The Kier molecular flexibility index (Phi) is 5.51. The number of nitrogens with one attached hydrogen (secondary N) is 1. The number of hydrogen-bond donors (Lipinski definition) is 1. The number of anilines is 1. The standard InChI is InChI=1S/C10H13IN2O/c11-6-2-1-5-10(14)13-9-4-3-7-12-8-9/h3-4,7-8H,1-2,5-6H2,(H,13,14). The minimum atomic E-state index is 0.0721. The lowest BCUT2D eigenvalue weighted by Gasteiger charge is -2.03. The molecular weight excluding hydrogens is 291 g/mol. The van der Waals surface area contributed by atoms with Crippen molar-refractivity contribution >= 4 is 34.2 Å².